The number of halogens is 1. The van der Waals surface area contributed by atoms with E-state index < -0.39 is 10.5 Å². The second-order valence-electron chi connectivity index (χ2n) is 6.12. The predicted molar refractivity (Wildman–Crippen MR) is 85.7 cm³/mol. The van der Waals surface area contributed by atoms with Gasteiger partial charge in [0.15, 0.2) is 0 Å². The maximum Gasteiger partial charge on any atom is 0.415 e. The molecule has 7 nitrogen and oxygen atoms in total. The van der Waals surface area contributed by atoms with Crippen LogP contribution < -0.4 is 4.74 Å². The molecule has 8 heteroatoms. The van der Waals surface area contributed by atoms with Crippen LogP contribution in [0.2, 0.25) is 5.02 Å². The van der Waals surface area contributed by atoms with Gasteiger partial charge in [0.25, 0.3) is 0 Å². The van der Waals surface area contributed by atoms with Gasteiger partial charge in [-0.05, 0) is 36.6 Å². The minimum Gasteiger partial charge on any atom is -0.436 e. The van der Waals surface area contributed by atoms with Crippen molar-refractivity contribution in [3.63, 3.8) is 0 Å². The molecule has 1 aliphatic heterocycles. The van der Waals surface area contributed by atoms with E-state index >= 15 is 0 Å². The van der Waals surface area contributed by atoms with Crippen molar-refractivity contribution in [1.82, 2.24) is 14.5 Å². The summed E-state index contributed by atoms with van der Waals surface area (Å²) in [5, 5.41) is 11.4. The lowest BCUT2D eigenvalue weighted by Gasteiger charge is -2.28. The van der Waals surface area contributed by atoms with E-state index in [-0.39, 0.29) is 5.82 Å². The van der Waals surface area contributed by atoms with Crippen molar-refractivity contribution in [2.75, 3.05) is 13.6 Å². The van der Waals surface area contributed by atoms with E-state index in [4.69, 9.17) is 16.3 Å². The van der Waals surface area contributed by atoms with Crippen LogP contribution in [0.4, 0.5) is 5.82 Å². The third kappa shape index (κ3) is 3.46. The molecule has 0 N–H and O–H groups in total. The molecule has 2 aromatic rings. The van der Waals surface area contributed by atoms with E-state index in [1.165, 1.54) is 6.20 Å². The summed E-state index contributed by atoms with van der Waals surface area (Å²) < 4.78 is 7.53. The molecule has 23 heavy (non-hydrogen) atoms. The summed E-state index contributed by atoms with van der Waals surface area (Å²) in [6.07, 6.45) is 1.42. The fourth-order valence-corrected chi connectivity index (χ4v) is 3.02. The summed E-state index contributed by atoms with van der Waals surface area (Å²) >= 11 is 5.89. The van der Waals surface area contributed by atoms with Gasteiger partial charge in [-0.25, -0.2) is 0 Å². The highest BCUT2D eigenvalue weighted by molar-refractivity contribution is 6.30. The molecule has 0 aliphatic carbocycles. The molecule has 122 valence electrons. The number of imidazole rings is 1. The van der Waals surface area contributed by atoms with E-state index in [9.17, 15) is 10.1 Å². The monoisotopic (exact) mass is 336 g/mol. The lowest BCUT2D eigenvalue weighted by atomic mass is 10.1. The Balaban J connectivity index is 1.62. The first-order chi connectivity index (χ1) is 10.8. The molecule has 1 aliphatic rings. The molecule has 3 rings (SSSR count). The Morgan fingerprint density at radius 2 is 2.17 bits per heavy atom. The van der Waals surface area contributed by atoms with Gasteiger partial charge < -0.3 is 14.9 Å². The Labute approximate surface area is 138 Å². The highest BCUT2D eigenvalue weighted by Crippen LogP contribution is 2.31. The normalized spacial score (nSPS) is 19.7. The average Bonchev–Trinajstić information content (AvgIpc) is 2.96. The number of hydrogen-bond acceptors (Lipinski definition) is 5. The van der Waals surface area contributed by atoms with Crippen molar-refractivity contribution in [2.45, 2.75) is 25.6 Å². The van der Waals surface area contributed by atoms with Crippen molar-refractivity contribution in [2.24, 2.45) is 0 Å². The second-order valence-corrected chi connectivity index (χ2v) is 6.55. The quantitative estimate of drug-likeness (QED) is 0.620. The molecule has 0 bridgehead atoms. The number of ether oxygens (including phenoxy) is 1. The van der Waals surface area contributed by atoms with Crippen LogP contribution in [0.3, 0.4) is 0 Å². The maximum absolute atomic E-state index is 10.7. The molecule has 1 aromatic carbocycles. The zero-order chi connectivity index (χ0) is 16.6. The Bertz CT molecular complexity index is 705. The molecule has 0 amide bonds. The fourth-order valence-electron chi connectivity index (χ4n) is 2.89. The number of nitro groups is 1. The van der Waals surface area contributed by atoms with E-state index in [0.717, 1.165) is 17.1 Å². The molecule has 1 unspecified atom stereocenters. The Morgan fingerprint density at radius 3 is 2.78 bits per heavy atom. The number of fused-ring (bicyclic) bond motifs is 1. The van der Waals surface area contributed by atoms with Gasteiger partial charge in [0.2, 0.25) is 0 Å². The maximum atomic E-state index is 10.7. The average molecular weight is 337 g/mol. The summed E-state index contributed by atoms with van der Waals surface area (Å²) in [5.41, 5.74) is 0.699. The number of benzene rings is 1. The van der Waals surface area contributed by atoms with Gasteiger partial charge in [-0.15, -0.1) is 0 Å². The molecular weight excluding hydrogens is 320 g/mol. The van der Waals surface area contributed by atoms with Crippen LogP contribution in [0, 0.1) is 10.1 Å². The summed E-state index contributed by atoms with van der Waals surface area (Å²) in [7, 11) is 2.01. The minimum atomic E-state index is -0.515. The molecular formula is C15H17ClN4O3. The van der Waals surface area contributed by atoms with E-state index in [2.05, 4.69) is 9.88 Å². The Kier molecular flexibility index (Phi) is 3.99. The van der Waals surface area contributed by atoms with E-state index in [1.54, 1.807) is 4.57 Å². The topological polar surface area (TPSA) is 73.4 Å². The van der Waals surface area contributed by atoms with Crippen molar-refractivity contribution in [1.29, 1.82) is 0 Å². The summed E-state index contributed by atoms with van der Waals surface area (Å²) in [6.45, 7) is 3.95. The zero-order valence-corrected chi connectivity index (χ0v) is 13.7. The number of nitrogens with zero attached hydrogens (tertiary/aromatic N) is 4. The Hall–Kier alpha value is -2.12. The van der Waals surface area contributed by atoms with Gasteiger partial charge in [0.1, 0.15) is 11.8 Å². The minimum absolute atomic E-state index is 0.184. The van der Waals surface area contributed by atoms with Crippen molar-refractivity contribution >= 4 is 17.4 Å². The fraction of sp³-hybridized carbons (Fsp3) is 0.400. The number of hydrogen-bond donors (Lipinski definition) is 0. The van der Waals surface area contributed by atoms with Gasteiger partial charge in [0, 0.05) is 23.1 Å². The van der Waals surface area contributed by atoms with Crippen LogP contribution in [0.5, 0.6) is 6.01 Å². The number of aromatic nitrogens is 2. The van der Waals surface area contributed by atoms with Gasteiger partial charge in [-0.2, -0.15) is 0 Å². The predicted octanol–water partition coefficient (Wildman–Crippen LogP) is 2.73. The first-order valence-electron chi connectivity index (χ1n) is 7.18. The molecule has 0 spiro atoms. The van der Waals surface area contributed by atoms with Gasteiger partial charge >= 0.3 is 11.8 Å². The first-order valence-corrected chi connectivity index (χ1v) is 7.56. The van der Waals surface area contributed by atoms with Crippen molar-refractivity contribution in [3.05, 3.63) is 51.2 Å². The third-order valence-corrected chi connectivity index (χ3v) is 3.98. The highest BCUT2D eigenvalue weighted by atomic mass is 35.5. The molecule has 1 aromatic heterocycles. The van der Waals surface area contributed by atoms with Crippen LogP contribution in [-0.4, -0.2) is 38.6 Å². The smallest absolute Gasteiger partial charge is 0.415 e. The molecule has 1 atom stereocenters. The summed E-state index contributed by atoms with van der Waals surface area (Å²) in [4.78, 5) is 16.3. The molecule has 0 saturated heterocycles. The van der Waals surface area contributed by atoms with Crippen LogP contribution >= 0.6 is 11.6 Å². The second kappa shape index (κ2) is 5.82. The zero-order valence-electron chi connectivity index (χ0n) is 12.9. The highest BCUT2D eigenvalue weighted by Gasteiger charge is 2.40. The van der Waals surface area contributed by atoms with E-state index in [1.807, 2.05) is 38.2 Å². The SMILES string of the molecule is CN(Cc1ccc(Cl)cc1)CC1(C)Cn2cc([N+](=O)[O-])nc2O1. The standard InChI is InChI=1S/C15H17ClN4O3/c1-15(9-18(2)7-11-3-5-12(16)6-4-11)10-19-8-13(20(21)22)17-14(19)23-15/h3-6,8H,7,9-10H2,1-2H3. The Morgan fingerprint density at radius 1 is 1.48 bits per heavy atom. The summed E-state index contributed by atoms with van der Waals surface area (Å²) in [6, 6.07) is 8.02. The van der Waals surface area contributed by atoms with Crippen molar-refractivity contribution < 1.29 is 9.66 Å². The first kappa shape index (κ1) is 15.8. The lowest BCUT2D eigenvalue weighted by Crippen LogP contribution is -2.43. The molecule has 0 fully saturated rings. The number of likely N-dealkylation sites (N-methyl/N-ethyl adjacent to an activating group) is 1. The molecule has 0 radical (unpaired) electrons. The van der Waals surface area contributed by atoms with Crippen LogP contribution in [-0.2, 0) is 13.1 Å². The lowest BCUT2D eigenvalue weighted by molar-refractivity contribution is -0.389. The molecule has 0 saturated carbocycles. The van der Waals surface area contributed by atoms with Crippen LogP contribution in [0.1, 0.15) is 12.5 Å². The van der Waals surface area contributed by atoms with Crippen LogP contribution in [0.25, 0.3) is 0 Å². The molecule has 2 heterocycles. The van der Waals surface area contributed by atoms with Gasteiger partial charge in [-0.3, -0.25) is 9.47 Å². The van der Waals surface area contributed by atoms with Gasteiger partial charge in [0.05, 0.1) is 6.54 Å². The third-order valence-electron chi connectivity index (χ3n) is 3.73. The van der Waals surface area contributed by atoms with Crippen LogP contribution in [0.15, 0.2) is 30.5 Å². The summed E-state index contributed by atoms with van der Waals surface area (Å²) in [5.74, 6) is -0.184. The van der Waals surface area contributed by atoms with Gasteiger partial charge in [-0.1, -0.05) is 23.7 Å². The van der Waals surface area contributed by atoms with Crippen molar-refractivity contribution in [3.8, 4) is 6.01 Å². The number of rotatable bonds is 5. The largest absolute Gasteiger partial charge is 0.436 e. The van der Waals surface area contributed by atoms with E-state index in [0.29, 0.717) is 19.1 Å².